The molecule has 0 spiro atoms. The number of aromatic nitrogens is 2. The van der Waals surface area contributed by atoms with Gasteiger partial charge in [0.1, 0.15) is 0 Å². The minimum Gasteiger partial charge on any atom is -0.312 e. The van der Waals surface area contributed by atoms with E-state index in [1.807, 2.05) is 6.07 Å². The highest BCUT2D eigenvalue weighted by atomic mass is 16.2. The zero-order valence-electron chi connectivity index (χ0n) is 14.1. The van der Waals surface area contributed by atoms with E-state index in [-0.39, 0.29) is 23.8 Å². The zero-order valence-corrected chi connectivity index (χ0v) is 14.1. The van der Waals surface area contributed by atoms with Gasteiger partial charge >= 0.3 is 0 Å². The number of ketones is 1. The first-order chi connectivity index (χ1) is 12.6. The van der Waals surface area contributed by atoms with Crippen LogP contribution in [0.2, 0.25) is 0 Å². The van der Waals surface area contributed by atoms with Crippen LogP contribution in [0, 0.1) is 0 Å². The highest BCUT2D eigenvalue weighted by molar-refractivity contribution is 5.98. The number of anilines is 1. The third-order valence-electron chi connectivity index (χ3n) is 4.62. The fraction of sp³-hybridized carbons (Fsp3) is 0.200. The molecule has 130 valence electrons. The lowest BCUT2D eigenvalue weighted by Crippen LogP contribution is -2.25. The van der Waals surface area contributed by atoms with Gasteiger partial charge in [-0.25, -0.2) is 4.98 Å². The van der Waals surface area contributed by atoms with Crippen molar-refractivity contribution in [2.24, 2.45) is 0 Å². The number of fused-ring (bicyclic) bond motifs is 1. The lowest BCUT2D eigenvalue weighted by atomic mass is 10.1. The number of Topliss-reactive ketones (excluding diaryl/α,β-unsaturated/α-hetero) is 1. The third-order valence-corrected chi connectivity index (χ3v) is 4.62. The quantitative estimate of drug-likeness (QED) is 0.680. The molecule has 1 amide bonds. The lowest BCUT2D eigenvalue weighted by Gasteiger charge is -2.15. The number of carbonyl (C=O) groups excluding carboxylic acids is 2. The summed E-state index contributed by atoms with van der Waals surface area (Å²) in [4.78, 5) is 42.8. The average Bonchev–Trinajstić information content (AvgIpc) is 3.10. The monoisotopic (exact) mass is 347 g/mol. The van der Waals surface area contributed by atoms with Gasteiger partial charge in [0.2, 0.25) is 5.91 Å². The van der Waals surface area contributed by atoms with Crippen LogP contribution in [0.25, 0.3) is 10.9 Å². The van der Waals surface area contributed by atoms with Crippen LogP contribution in [0.1, 0.15) is 23.2 Å². The van der Waals surface area contributed by atoms with Crippen LogP contribution in [-0.4, -0.2) is 27.8 Å². The van der Waals surface area contributed by atoms with Gasteiger partial charge < -0.3 is 4.90 Å². The van der Waals surface area contributed by atoms with Gasteiger partial charge in [-0.15, -0.1) is 0 Å². The van der Waals surface area contributed by atoms with Crippen LogP contribution < -0.4 is 10.5 Å². The van der Waals surface area contributed by atoms with Crippen molar-refractivity contribution in [2.75, 3.05) is 11.4 Å². The third kappa shape index (κ3) is 2.90. The normalized spacial score (nSPS) is 14.2. The number of hydrogen-bond acceptors (Lipinski definition) is 4. The fourth-order valence-corrected chi connectivity index (χ4v) is 3.21. The van der Waals surface area contributed by atoms with E-state index in [1.54, 1.807) is 47.4 Å². The van der Waals surface area contributed by atoms with Gasteiger partial charge in [-0.2, -0.15) is 0 Å². The predicted octanol–water partition coefficient (Wildman–Crippen LogP) is 2.41. The molecule has 1 aliphatic heterocycles. The molecule has 2 aromatic carbocycles. The maximum absolute atomic E-state index is 12.5. The molecule has 0 atom stereocenters. The van der Waals surface area contributed by atoms with Crippen LogP contribution in [0.5, 0.6) is 0 Å². The highest BCUT2D eigenvalue weighted by Gasteiger charge is 2.21. The molecule has 3 aromatic rings. The summed E-state index contributed by atoms with van der Waals surface area (Å²) in [5.74, 6) is -0.0682. The minimum absolute atomic E-state index is 0.0708. The summed E-state index contributed by atoms with van der Waals surface area (Å²) >= 11 is 0. The number of rotatable bonds is 4. The Morgan fingerprint density at radius 1 is 1.04 bits per heavy atom. The molecule has 0 saturated carbocycles. The molecular weight excluding hydrogens is 330 g/mol. The molecule has 0 N–H and O–H groups in total. The summed E-state index contributed by atoms with van der Waals surface area (Å²) < 4.78 is 1.32. The molecule has 0 bridgehead atoms. The number of benzene rings is 2. The average molecular weight is 347 g/mol. The van der Waals surface area contributed by atoms with Crippen molar-refractivity contribution >= 4 is 28.3 Å². The van der Waals surface area contributed by atoms with Crippen LogP contribution in [0.15, 0.2) is 59.7 Å². The van der Waals surface area contributed by atoms with Gasteiger partial charge in [0.05, 0.1) is 23.8 Å². The van der Waals surface area contributed by atoms with Crippen LogP contribution in [0.3, 0.4) is 0 Å². The molecule has 0 unspecified atom stereocenters. The molecule has 6 heteroatoms. The first kappa shape index (κ1) is 16.2. The second-order valence-electron chi connectivity index (χ2n) is 6.31. The van der Waals surface area contributed by atoms with E-state index >= 15 is 0 Å². The Kier molecular flexibility index (Phi) is 4.08. The van der Waals surface area contributed by atoms with Crippen molar-refractivity contribution in [3.8, 4) is 0 Å². The van der Waals surface area contributed by atoms with Gasteiger partial charge in [0, 0.05) is 24.2 Å². The molecule has 1 aliphatic rings. The number of amides is 1. The highest BCUT2D eigenvalue weighted by Crippen LogP contribution is 2.21. The number of hydrogen-bond donors (Lipinski definition) is 0. The number of para-hydroxylation sites is 1. The van der Waals surface area contributed by atoms with E-state index < -0.39 is 0 Å². The maximum atomic E-state index is 12.5. The Morgan fingerprint density at radius 3 is 2.54 bits per heavy atom. The molecule has 6 nitrogen and oxygen atoms in total. The topological polar surface area (TPSA) is 72.3 Å². The number of nitrogens with zero attached hydrogens (tertiary/aromatic N) is 3. The van der Waals surface area contributed by atoms with E-state index in [1.165, 1.54) is 10.9 Å². The molecule has 1 fully saturated rings. The minimum atomic E-state index is -0.233. The van der Waals surface area contributed by atoms with Gasteiger partial charge in [-0.3, -0.25) is 19.0 Å². The lowest BCUT2D eigenvalue weighted by molar-refractivity contribution is -0.117. The molecule has 2 heterocycles. The van der Waals surface area contributed by atoms with Crippen molar-refractivity contribution in [3.63, 3.8) is 0 Å². The van der Waals surface area contributed by atoms with Crippen LogP contribution >= 0.6 is 0 Å². The Hall–Kier alpha value is -3.28. The van der Waals surface area contributed by atoms with E-state index in [9.17, 15) is 14.4 Å². The Labute approximate surface area is 149 Å². The summed E-state index contributed by atoms with van der Waals surface area (Å²) in [6.45, 7) is 0.642. The van der Waals surface area contributed by atoms with E-state index in [4.69, 9.17) is 0 Å². The molecular formula is C20H17N3O3. The summed E-state index contributed by atoms with van der Waals surface area (Å²) in [5.41, 5.74) is 1.68. The summed E-state index contributed by atoms with van der Waals surface area (Å²) in [7, 11) is 0. The largest absolute Gasteiger partial charge is 0.312 e. The Morgan fingerprint density at radius 2 is 1.81 bits per heavy atom. The van der Waals surface area contributed by atoms with Crippen molar-refractivity contribution in [3.05, 3.63) is 70.8 Å². The Balaban J connectivity index is 1.56. The van der Waals surface area contributed by atoms with Gasteiger partial charge in [-0.1, -0.05) is 12.1 Å². The number of carbonyl (C=O) groups is 2. The van der Waals surface area contributed by atoms with Crippen LogP contribution in [-0.2, 0) is 11.3 Å². The van der Waals surface area contributed by atoms with Crippen molar-refractivity contribution < 1.29 is 9.59 Å². The standard InChI is InChI=1S/C20H17N3O3/c24-18(12-22-13-21-17-5-2-1-4-16(17)20(22)26)14-7-9-15(10-8-14)23-11-3-6-19(23)25/h1-2,4-5,7-10,13H,3,6,11-12H2. The van der Waals surface area contributed by atoms with Gasteiger partial charge in [-0.05, 0) is 42.8 Å². The molecule has 0 aliphatic carbocycles. The van der Waals surface area contributed by atoms with Crippen molar-refractivity contribution in [1.29, 1.82) is 0 Å². The maximum Gasteiger partial charge on any atom is 0.261 e. The van der Waals surface area contributed by atoms with E-state index in [0.29, 0.717) is 29.4 Å². The Bertz CT molecular complexity index is 1050. The van der Waals surface area contributed by atoms with Gasteiger partial charge in [0.25, 0.3) is 5.56 Å². The predicted molar refractivity (Wildman–Crippen MR) is 98.4 cm³/mol. The summed E-state index contributed by atoms with van der Waals surface area (Å²) in [6, 6.07) is 14.0. The zero-order chi connectivity index (χ0) is 18.1. The second kappa shape index (κ2) is 6.55. The van der Waals surface area contributed by atoms with E-state index in [2.05, 4.69) is 4.98 Å². The second-order valence-corrected chi connectivity index (χ2v) is 6.31. The SMILES string of the molecule is O=C(Cn1cnc2ccccc2c1=O)c1ccc(N2CCCC2=O)cc1. The molecule has 1 saturated heterocycles. The van der Waals surface area contributed by atoms with Crippen LogP contribution in [0.4, 0.5) is 5.69 Å². The molecule has 0 radical (unpaired) electrons. The first-order valence-corrected chi connectivity index (χ1v) is 8.51. The summed E-state index contributed by atoms with van der Waals surface area (Å²) in [5, 5.41) is 0.491. The van der Waals surface area contributed by atoms with E-state index in [0.717, 1.165) is 12.1 Å². The molecule has 4 rings (SSSR count). The van der Waals surface area contributed by atoms with Crippen molar-refractivity contribution in [2.45, 2.75) is 19.4 Å². The molecule has 1 aromatic heterocycles. The first-order valence-electron chi connectivity index (χ1n) is 8.51. The smallest absolute Gasteiger partial charge is 0.261 e. The van der Waals surface area contributed by atoms with Gasteiger partial charge in [0.15, 0.2) is 5.78 Å². The summed E-state index contributed by atoms with van der Waals surface area (Å²) in [6.07, 6.45) is 2.83. The van der Waals surface area contributed by atoms with Crippen molar-refractivity contribution in [1.82, 2.24) is 9.55 Å². The fourth-order valence-electron chi connectivity index (χ4n) is 3.21. The molecule has 26 heavy (non-hydrogen) atoms.